The molecule has 2 aromatic heterocycles. The first-order valence-electron chi connectivity index (χ1n) is 6.52. The van der Waals surface area contributed by atoms with E-state index in [9.17, 15) is 0 Å². The van der Waals surface area contributed by atoms with Crippen molar-refractivity contribution in [3.63, 3.8) is 0 Å². The van der Waals surface area contributed by atoms with E-state index in [4.69, 9.17) is 5.73 Å². The van der Waals surface area contributed by atoms with Gasteiger partial charge in [0.25, 0.3) is 0 Å². The molecule has 3 N–H and O–H groups in total. The average Bonchev–Trinajstić information content (AvgIpc) is 2.75. The summed E-state index contributed by atoms with van der Waals surface area (Å²) >= 11 is 0. The number of hydrogen-bond donors (Lipinski definition) is 2. The molecule has 1 atom stereocenters. The number of aryl methyl sites for hydroxylation is 1. The van der Waals surface area contributed by atoms with Crippen LogP contribution in [0.2, 0.25) is 0 Å². The summed E-state index contributed by atoms with van der Waals surface area (Å²) in [6.45, 7) is 4.83. The van der Waals surface area contributed by atoms with Crippen molar-refractivity contribution < 1.29 is 0 Å². The smallest absolute Gasteiger partial charge is 0.243 e. The fourth-order valence-corrected chi connectivity index (χ4v) is 1.93. The molecule has 0 amide bonds. The third kappa shape index (κ3) is 2.98. The number of pyridine rings is 1. The molecule has 18 heavy (non-hydrogen) atoms. The van der Waals surface area contributed by atoms with Crippen molar-refractivity contribution >= 4 is 11.6 Å². The number of nitrogens with zero attached hydrogens (tertiary/aromatic N) is 3. The molecule has 0 aliphatic heterocycles. The fraction of sp³-hybridized carbons (Fsp3) is 0.538. The van der Waals surface area contributed by atoms with Crippen molar-refractivity contribution in [1.29, 1.82) is 0 Å². The molecule has 0 saturated carbocycles. The molecular weight excluding hydrogens is 226 g/mol. The van der Waals surface area contributed by atoms with E-state index in [-0.39, 0.29) is 6.04 Å². The van der Waals surface area contributed by atoms with Gasteiger partial charge in [0.15, 0.2) is 5.65 Å². The van der Waals surface area contributed by atoms with Crippen LogP contribution in [0.1, 0.15) is 31.7 Å². The Kier molecular flexibility index (Phi) is 4.15. The molecule has 0 aliphatic carbocycles. The second-order valence-electron chi connectivity index (χ2n) is 4.66. The highest BCUT2D eigenvalue weighted by molar-refractivity contribution is 5.44. The van der Waals surface area contributed by atoms with Crippen LogP contribution < -0.4 is 11.1 Å². The minimum atomic E-state index is 0.253. The molecule has 1 unspecified atom stereocenters. The molecule has 0 saturated heterocycles. The zero-order valence-electron chi connectivity index (χ0n) is 11.1. The Morgan fingerprint density at radius 3 is 3.00 bits per heavy atom. The number of fused-ring (bicyclic) bond motifs is 1. The summed E-state index contributed by atoms with van der Waals surface area (Å²) in [4.78, 5) is 4.43. The van der Waals surface area contributed by atoms with Gasteiger partial charge in [-0.2, -0.15) is 4.98 Å². The molecule has 2 aromatic rings. The molecular formula is C13H21N5. The maximum absolute atomic E-state index is 5.75. The average molecular weight is 247 g/mol. The van der Waals surface area contributed by atoms with Crippen LogP contribution in [0, 0.1) is 6.92 Å². The lowest BCUT2D eigenvalue weighted by molar-refractivity contribution is 0.610. The molecule has 0 aromatic carbocycles. The van der Waals surface area contributed by atoms with E-state index in [1.807, 2.05) is 25.3 Å². The van der Waals surface area contributed by atoms with Crippen molar-refractivity contribution in [3.05, 3.63) is 23.9 Å². The number of hydrogen-bond acceptors (Lipinski definition) is 4. The van der Waals surface area contributed by atoms with Gasteiger partial charge in [-0.3, -0.25) is 0 Å². The zero-order valence-corrected chi connectivity index (χ0v) is 11.1. The molecule has 0 bridgehead atoms. The van der Waals surface area contributed by atoms with E-state index in [2.05, 4.69) is 22.3 Å². The SMILES string of the molecule is CCCCC(CN)Nc1nc2ccc(C)cn2n1. The number of nitrogens with one attached hydrogen (secondary N) is 1. The third-order valence-electron chi connectivity index (χ3n) is 3.00. The van der Waals surface area contributed by atoms with Gasteiger partial charge >= 0.3 is 0 Å². The van der Waals surface area contributed by atoms with Gasteiger partial charge in [0.2, 0.25) is 5.95 Å². The Morgan fingerprint density at radius 2 is 2.28 bits per heavy atom. The maximum atomic E-state index is 5.75. The lowest BCUT2D eigenvalue weighted by Crippen LogP contribution is -2.29. The third-order valence-corrected chi connectivity index (χ3v) is 3.00. The van der Waals surface area contributed by atoms with Crippen LogP contribution in [-0.4, -0.2) is 27.2 Å². The van der Waals surface area contributed by atoms with E-state index in [1.54, 1.807) is 4.52 Å². The number of unbranched alkanes of at least 4 members (excludes halogenated alkanes) is 1. The van der Waals surface area contributed by atoms with Gasteiger partial charge in [-0.25, -0.2) is 4.52 Å². The number of anilines is 1. The molecule has 98 valence electrons. The Balaban J connectivity index is 2.10. The van der Waals surface area contributed by atoms with Crippen LogP contribution in [-0.2, 0) is 0 Å². The summed E-state index contributed by atoms with van der Waals surface area (Å²) in [6, 6.07) is 4.26. The standard InChI is InChI=1S/C13H21N5/c1-3-4-5-11(8-14)15-13-16-12-7-6-10(2)9-18(12)17-13/h6-7,9,11H,3-5,8,14H2,1-2H3,(H,15,17). The van der Waals surface area contributed by atoms with Gasteiger partial charge in [0.05, 0.1) is 0 Å². The van der Waals surface area contributed by atoms with Crippen LogP contribution >= 0.6 is 0 Å². The number of aromatic nitrogens is 3. The topological polar surface area (TPSA) is 68.2 Å². The molecule has 0 radical (unpaired) electrons. The first-order valence-corrected chi connectivity index (χ1v) is 6.52. The molecule has 5 heteroatoms. The summed E-state index contributed by atoms with van der Waals surface area (Å²) < 4.78 is 1.80. The first-order chi connectivity index (χ1) is 8.72. The second-order valence-corrected chi connectivity index (χ2v) is 4.66. The quantitative estimate of drug-likeness (QED) is 0.819. The predicted molar refractivity (Wildman–Crippen MR) is 73.7 cm³/mol. The monoisotopic (exact) mass is 247 g/mol. The molecule has 0 aliphatic rings. The molecule has 2 heterocycles. The minimum absolute atomic E-state index is 0.253. The number of nitrogens with two attached hydrogens (primary N) is 1. The predicted octanol–water partition coefficient (Wildman–Crippen LogP) is 1.97. The van der Waals surface area contributed by atoms with Crippen LogP contribution in [0.25, 0.3) is 5.65 Å². The van der Waals surface area contributed by atoms with Gasteiger partial charge in [-0.1, -0.05) is 25.8 Å². The molecule has 0 fully saturated rings. The minimum Gasteiger partial charge on any atom is -0.349 e. The van der Waals surface area contributed by atoms with Crippen molar-refractivity contribution in [1.82, 2.24) is 14.6 Å². The van der Waals surface area contributed by atoms with Gasteiger partial charge < -0.3 is 11.1 Å². The Morgan fingerprint density at radius 1 is 1.44 bits per heavy atom. The van der Waals surface area contributed by atoms with E-state index >= 15 is 0 Å². The first kappa shape index (κ1) is 12.8. The second kappa shape index (κ2) is 5.82. The summed E-state index contributed by atoms with van der Waals surface area (Å²) in [5.74, 6) is 0.659. The summed E-state index contributed by atoms with van der Waals surface area (Å²) in [5, 5.41) is 7.71. The van der Waals surface area contributed by atoms with Gasteiger partial charge in [0.1, 0.15) is 0 Å². The van der Waals surface area contributed by atoms with E-state index < -0.39 is 0 Å². The van der Waals surface area contributed by atoms with Crippen molar-refractivity contribution in [2.45, 2.75) is 39.2 Å². The van der Waals surface area contributed by atoms with Crippen LogP contribution in [0.15, 0.2) is 18.3 Å². The van der Waals surface area contributed by atoms with Gasteiger partial charge in [-0.15, -0.1) is 5.10 Å². The van der Waals surface area contributed by atoms with Crippen LogP contribution in [0.3, 0.4) is 0 Å². The van der Waals surface area contributed by atoms with Gasteiger partial charge in [-0.05, 0) is 25.0 Å². The maximum Gasteiger partial charge on any atom is 0.243 e. The van der Waals surface area contributed by atoms with Crippen molar-refractivity contribution in [3.8, 4) is 0 Å². The van der Waals surface area contributed by atoms with E-state index in [1.165, 1.54) is 18.4 Å². The highest BCUT2D eigenvalue weighted by Gasteiger charge is 2.09. The largest absolute Gasteiger partial charge is 0.349 e. The lowest BCUT2D eigenvalue weighted by Gasteiger charge is -2.14. The highest BCUT2D eigenvalue weighted by Crippen LogP contribution is 2.10. The Hall–Kier alpha value is -1.62. The Bertz CT molecular complexity index is 505. The van der Waals surface area contributed by atoms with E-state index in [0.29, 0.717) is 12.5 Å². The normalized spacial score (nSPS) is 12.8. The highest BCUT2D eigenvalue weighted by atomic mass is 15.3. The summed E-state index contributed by atoms with van der Waals surface area (Å²) in [5.41, 5.74) is 7.78. The lowest BCUT2D eigenvalue weighted by atomic mass is 10.1. The zero-order chi connectivity index (χ0) is 13.0. The van der Waals surface area contributed by atoms with E-state index in [0.717, 1.165) is 12.1 Å². The molecule has 2 rings (SSSR count). The number of rotatable bonds is 6. The summed E-state index contributed by atoms with van der Waals surface area (Å²) in [7, 11) is 0. The Labute approximate surface area is 107 Å². The summed E-state index contributed by atoms with van der Waals surface area (Å²) in [6.07, 6.45) is 5.37. The van der Waals surface area contributed by atoms with Gasteiger partial charge in [0, 0.05) is 18.8 Å². The van der Waals surface area contributed by atoms with Crippen LogP contribution in [0.5, 0.6) is 0 Å². The molecule has 0 spiro atoms. The molecule has 5 nitrogen and oxygen atoms in total. The fourth-order valence-electron chi connectivity index (χ4n) is 1.93. The van der Waals surface area contributed by atoms with Crippen LogP contribution in [0.4, 0.5) is 5.95 Å². The van der Waals surface area contributed by atoms with Crippen molar-refractivity contribution in [2.24, 2.45) is 5.73 Å². The van der Waals surface area contributed by atoms with Crippen molar-refractivity contribution in [2.75, 3.05) is 11.9 Å².